The maximum Gasteiger partial charge on any atom is 0.308 e. The first-order valence-electron chi connectivity index (χ1n) is 7.15. The minimum Gasteiger partial charge on any atom is -0.396 e. The van der Waals surface area contributed by atoms with E-state index in [1.165, 1.54) is 4.57 Å². The molecular formula is C16H20N2O3S. The second-order valence-electron chi connectivity index (χ2n) is 5.14. The van der Waals surface area contributed by atoms with Crippen molar-refractivity contribution in [3.63, 3.8) is 0 Å². The zero-order valence-corrected chi connectivity index (χ0v) is 13.5. The monoisotopic (exact) mass is 320 g/mol. The Bertz CT molecular complexity index is 691. The van der Waals surface area contributed by atoms with Gasteiger partial charge in [0, 0.05) is 17.2 Å². The van der Waals surface area contributed by atoms with Crippen LogP contribution in [0, 0.1) is 13.8 Å². The Labute approximate surface area is 133 Å². The minimum atomic E-state index is -0.255. The van der Waals surface area contributed by atoms with E-state index in [2.05, 4.69) is 5.32 Å². The van der Waals surface area contributed by atoms with E-state index in [9.17, 15) is 14.7 Å². The Hall–Kier alpha value is -1.92. The third kappa shape index (κ3) is 3.84. The molecule has 118 valence electrons. The molecule has 0 spiro atoms. The topological polar surface area (TPSA) is 71.3 Å². The van der Waals surface area contributed by atoms with Gasteiger partial charge in [0.1, 0.15) is 6.54 Å². The van der Waals surface area contributed by atoms with Gasteiger partial charge in [-0.25, -0.2) is 0 Å². The molecule has 1 unspecified atom stereocenters. The van der Waals surface area contributed by atoms with Crippen LogP contribution in [0.25, 0.3) is 0 Å². The summed E-state index contributed by atoms with van der Waals surface area (Å²) in [5.74, 6) is -0.231. The number of aryl methyl sites for hydroxylation is 1. The van der Waals surface area contributed by atoms with E-state index in [0.29, 0.717) is 6.42 Å². The van der Waals surface area contributed by atoms with Crippen LogP contribution in [-0.2, 0) is 11.3 Å². The first-order valence-corrected chi connectivity index (χ1v) is 7.96. The van der Waals surface area contributed by atoms with Gasteiger partial charge in [-0.15, -0.1) is 0 Å². The van der Waals surface area contributed by atoms with Crippen LogP contribution in [0.2, 0.25) is 0 Å². The zero-order valence-electron chi connectivity index (χ0n) is 12.7. The van der Waals surface area contributed by atoms with Gasteiger partial charge >= 0.3 is 4.87 Å². The largest absolute Gasteiger partial charge is 0.396 e. The summed E-state index contributed by atoms with van der Waals surface area (Å²) in [5.41, 5.74) is 1.76. The van der Waals surface area contributed by atoms with E-state index in [-0.39, 0.29) is 30.0 Å². The fraction of sp³-hybridized carbons (Fsp3) is 0.375. The Morgan fingerprint density at radius 3 is 2.55 bits per heavy atom. The molecule has 2 N–H and O–H groups in total. The molecule has 6 heteroatoms. The molecule has 0 aliphatic rings. The molecule has 0 saturated heterocycles. The molecule has 1 heterocycles. The molecule has 0 radical (unpaired) electrons. The van der Waals surface area contributed by atoms with Crippen molar-refractivity contribution < 1.29 is 9.90 Å². The lowest BCUT2D eigenvalue weighted by Gasteiger charge is -2.18. The average Bonchev–Trinajstić information content (AvgIpc) is 2.74. The maximum atomic E-state index is 12.2. The van der Waals surface area contributed by atoms with E-state index in [4.69, 9.17) is 0 Å². The summed E-state index contributed by atoms with van der Waals surface area (Å²) in [4.78, 5) is 24.9. The average molecular weight is 320 g/mol. The number of amides is 1. The van der Waals surface area contributed by atoms with Gasteiger partial charge in [-0.05, 0) is 25.8 Å². The molecule has 1 amide bonds. The van der Waals surface area contributed by atoms with Crippen LogP contribution in [-0.4, -0.2) is 22.2 Å². The fourth-order valence-corrected chi connectivity index (χ4v) is 3.12. The van der Waals surface area contributed by atoms with Crippen molar-refractivity contribution in [1.82, 2.24) is 9.88 Å². The number of aliphatic hydroxyl groups is 1. The van der Waals surface area contributed by atoms with Crippen LogP contribution >= 0.6 is 11.3 Å². The summed E-state index contributed by atoms with van der Waals surface area (Å²) in [6.45, 7) is 3.69. The maximum absolute atomic E-state index is 12.2. The van der Waals surface area contributed by atoms with Gasteiger partial charge in [0.05, 0.1) is 6.04 Å². The van der Waals surface area contributed by atoms with E-state index in [1.54, 1.807) is 0 Å². The number of rotatable bonds is 6. The quantitative estimate of drug-likeness (QED) is 0.852. The second-order valence-corrected chi connectivity index (χ2v) is 6.30. The van der Waals surface area contributed by atoms with Gasteiger partial charge in [0.2, 0.25) is 5.91 Å². The summed E-state index contributed by atoms with van der Waals surface area (Å²) in [6, 6.07) is 9.25. The Kier molecular flexibility index (Phi) is 5.51. The predicted octanol–water partition coefficient (Wildman–Crippen LogP) is 1.77. The number of thiazole rings is 1. The summed E-state index contributed by atoms with van der Waals surface area (Å²) in [7, 11) is 0. The minimum absolute atomic E-state index is 0.00374. The number of carbonyl (C=O) groups is 1. The van der Waals surface area contributed by atoms with Crippen molar-refractivity contribution in [2.24, 2.45) is 0 Å². The van der Waals surface area contributed by atoms with Crippen molar-refractivity contribution in [2.75, 3.05) is 6.61 Å². The number of hydrogen-bond acceptors (Lipinski definition) is 4. The summed E-state index contributed by atoms with van der Waals surface area (Å²) in [6.07, 6.45) is 0.437. The van der Waals surface area contributed by atoms with Crippen LogP contribution < -0.4 is 10.2 Å². The third-order valence-corrected chi connectivity index (χ3v) is 4.63. The number of carbonyl (C=O) groups excluding carboxylic acids is 1. The number of aliphatic hydroxyl groups excluding tert-OH is 1. The Balaban J connectivity index is 2.10. The SMILES string of the molecule is Cc1sc(=O)n(CC(=O)NC(CCO)c2ccccc2)c1C. The van der Waals surface area contributed by atoms with Crippen LogP contribution in [0.15, 0.2) is 35.1 Å². The lowest BCUT2D eigenvalue weighted by molar-refractivity contribution is -0.122. The highest BCUT2D eigenvalue weighted by Crippen LogP contribution is 2.16. The Morgan fingerprint density at radius 1 is 1.32 bits per heavy atom. The molecule has 0 saturated carbocycles. The van der Waals surface area contributed by atoms with Gasteiger partial charge < -0.3 is 10.4 Å². The summed E-state index contributed by atoms with van der Waals surface area (Å²) >= 11 is 1.15. The molecule has 1 aromatic carbocycles. The van der Waals surface area contributed by atoms with E-state index >= 15 is 0 Å². The van der Waals surface area contributed by atoms with Crippen LogP contribution in [0.1, 0.15) is 28.6 Å². The van der Waals surface area contributed by atoms with E-state index in [1.807, 2.05) is 44.2 Å². The van der Waals surface area contributed by atoms with E-state index in [0.717, 1.165) is 27.5 Å². The van der Waals surface area contributed by atoms with Gasteiger partial charge in [-0.2, -0.15) is 0 Å². The summed E-state index contributed by atoms with van der Waals surface area (Å²) in [5, 5.41) is 12.1. The normalized spacial score (nSPS) is 12.1. The molecule has 0 aliphatic heterocycles. The molecule has 0 aliphatic carbocycles. The first kappa shape index (κ1) is 16.5. The molecular weight excluding hydrogens is 300 g/mol. The predicted molar refractivity (Wildman–Crippen MR) is 87.1 cm³/mol. The molecule has 22 heavy (non-hydrogen) atoms. The number of hydrogen-bond donors (Lipinski definition) is 2. The number of aromatic nitrogens is 1. The first-order chi connectivity index (χ1) is 10.5. The number of benzene rings is 1. The van der Waals surface area contributed by atoms with Crippen molar-refractivity contribution in [2.45, 2.75) is 32.9 Å². The number of nitrogens with zero attached hydrogens (tertiary/aromatic N) is 1. The standard InChI is InChI=1S/C16H20N2O3S/c1-11-12(2)22-16(21)18(11)10-15(20)17-14(8-9-19)13-6-4-3-5-7-13/h3-7,14,19H,8-10H2,1-2H3,(H,17,20). The molecule has 1 atom stereocenters. The van der Waals surface area contributed by atoms with Crippen molar-refractivity contribution in [3.8, 4) is 0 Å². The lowest BCUT2D eigenvalue weighted by atomic mass is 10.0. The fourth-order valence-electron chi connectivity index (χ4n) is 2.29. The molecule has 0 fully saturated rings. The van der Waals surface area contributed by atoms with Crippen LogP contribution in [0.5, 0.6) is 0 Å². The zero-order chi connectivity index (χ0) is 16.1. The lowest BCUT2D eigenvalue weighted by Crippen LogP contribution is -2.34. The highest BCUT2D eigenvalue weighted by atomic mass is 32.1. The van der Waals surface area contributed by atoms with Crippen molar-refractivity contribution >= 4 is 17.2 Å². The number of nitrogens with one attached hydrogen (secondary N) is 1. The third-order valence-electron chi connectivity index (χ3n) is 3.63. The molecule has 0 bridgehead atoms. The van der Waals surface area contributed by atoms with Crippen molar-refractivity contribution in [1.29, 1.82) is 0 Å². The van der Waals surface area contributed by atoms with E-state index < -0.39 is 0 Å². The second kappa shape index (κ2) is 7.38. The Morgan fingerprint density at radius 2 is 2.00 bits per heavy atom. The van der Waals surface area contributed by atoms with Crippen LogP contribution in [0.3, 0.4) is 0 Å². The molecule has 2 aromatic rings. The smallest absolute Gasteiger partial charge is 0.308 e. The van der Waals surface area contributed by atoms with Crippen LogP contribution in [0.4, 0.5) is 0 Å². The molecule has 5 nitrogen and oxygen atoms in total. The van der Waals surface area contributed by atoms with Gasteiger partial charge in [0.15, 0.2) is 0 Å². The van der Waals surface area contributed by atoms with Gasteiger partial charge in [-0.3, -0.25) is 14.2 Å². The summed E-state index contributed by atoms with van der Waals surface area (Å²) < 4.78 is 1.48. The van der Waals surface area contributed by atoms with Gasteiger partial charge in [0.25, 0.3) is 0 Å². The van der Waals surface area contributed by atoms with Crippen molar-refractivity contribution in [3.05, 3.63) is 56.1 Å². The highest BCUT2D eigenvalue weighted by molar-refractivity contribution is 7.09. The molecule has 2 rings (SSSR count). The highest BCUT2D eigenvalue weighted by Gasteiger charge is 2.16. The molecule has 1 aromatic heterocycles. The van der Waals surface area contributed by atoms with Gasteiger partial charge in [-0.1, -0.05) is 41.7 Å².